The SMILES string of the molecule is Cc1c(Cl)cccc1-c1ccc(CCC(=O)O)o1. The Morgan fingerprint density at radius 1 is 1.33 bits per heavy atom. The lowest BCUT2D eigenvalue weighted by molar-refractivity contribution is -0.137. The number of aliphatic carboxylic acids is 1. The van der Waals surface area contributed by atoms with Crippen molar-refractivity contribution in [1.82, 2.24) is 0 Å². The molecule has 0 aliphatic carbocycles. The second-order valence-corrected chi connectivity index (χ2v) is 4.48. The summed E-state index contributed by atoms with van der Waals surface area (Å²) in [6, 6.07) is 9.27. The Morgan fingerprint density at radius 3 is 2.83 bits per heavy atom. The zero-order chi connectivity index (χ0) is 13.1. The lowest BCUT2D eigenvalue weighted by atomic mass is 10.1. The minimum Gasteiger partial charge on any atom is -0.481 e. The van der Waals surface area contributed by atoms with Gasteiger partial charge in [0.2, 0.25) is 0 Å². The van der Waals surface area contributed by atoms with Crippen LogP contribution in [0.5, 0.6) is 0 Å². The van der Waals surface area contributed by atoms with E-state index in [4.69, 9.17) is 21.1 Å². The number of hydrogen-bond acceptors (Lipinski definition) is 2. The van der Waals surface area contributed by atoms with Crippen molar-refractivity contribution in [2.45, 2.75) is 19.8 Å². The number of carboxylic acids is 1. The molecule has 3 nitrogen and oxygen atoms in total. The summed E-state index contributed by atoms with van der Waals surface area (Å²) in [5.41, 5.74) is 1.89. The first-order chi connectivity index (χ1) is 8.58. The molecule has 0 spiro atoms. The average Bonchev–Trinajstić information content (AvgIpc) is 2.78. The predicted molar refractivity (Wildman–Crippen MR) is 69.8 cm³/mol. The third-order valence-corrected chi connectivity index (χ3v) is 3.19. The van der Waals surface area contributed by atoms with E-state index in [1.807, 2.05) is 31.2 Å². The van der Waals surface area contributed by atoms with E-state index in [-0.39, 0.29) is 6.42 Å². The second kappa shape index (κ2) is 5.27. The molecule has 0 fully saturated rings. The molecule has 94 valence electrons. The molecule has 18 heavy (non-hydrogen) atoms. The fourth-order valence-corrected chi connectivity index (χ4v) is 1.94. The van der Waals surface area contributed by atoms with Crippen LogP contribution in [-0.2, 0) is 11.2 Å². The molecule has 0 bridgehead atoms. The highest BCUT2D eigenvalue weighted by Gasteiger charge is 2.10. The number of hydrogen-bond donors (Lipinski definition) is 1. The van der Waals surface area contributed by atoms with Crippen molar-refractivity contribution < 1.29 is 14.3 Å². The summed E-state index contributed by atoms with van der Waals surface area (Å²) in [6.45, 7) is 1.93. The fraction of sp³-hybridized carbons (Fsp3) is 0.214. The minimum atomic E-state index is -0.827. The number of carboxylic acid groups (broad SMARTS) is 1. The number of rotatable bonds is 4. The Kier molecular flexibility index (Phi) is 3.72. The molecule has 1 aromatic carbocycles. The van der Waals surface area contributed by atoms with Gasteiger partial charge in [0, 0.05) is 17.0 Å². The molecule has 0 saturated heterocycles. The molecule has 0 aliphatic heterocycles. The first kappa shape index (κ1) is 12.7. The van der Waals surface area contributed by atoms with Crippen LogP contribution in [0, 0.1) is 6.92 Å². The smallest absolute Gasteiger partial charge is 0.303 e. The van der Waals surface area contributed by atoms with E-state index in [1.54, 1.807) is 6.07 Å². The summed E-state index contributed by atoms with van der Waals surface area (Å²) in [5, 5.41) is 9.31. The zero-order valence-corrected chi connectivity index (χ0v) is 10.7. The average molecular weight is 265 g/mol. The molecule has 0 amide bonds. The van der Waals surface area contributed by atoms with E-state index in [2.05, 4.69) is 0 Å². The van der Waals surface area contributed by atoms with Crippen molar-refractivity contribution in [3.63, 3.8) is 0 Å². The maximum atomic E-state index is 10.5. The van der Waals surface area contributed by atoms with Crippen LogP contribution in [0.15, 0.2) is 34.7 Å². The summed E-state index contributed by atoms with van der Waals surface area (Å²) in [6.07, 6.45) is 0.469. The largest absolute Gasteiger partial charge is 0.481 e. The van der Waals surface area contributed by atoms with Crippen LogP contribution in [0.1, 0.15) is 17.7 Å². The van der Waals surface area contributed by atoms with Gasteiger partial charge in [0.25, 0.3) is 0 Å². The summed E-state index contributed by atoms with van der Waals surface area (Å²) in [7, 11) is 0. The van der Waals surface area contributed by atoms with Gasteiger partial charge in [-0.2, -0.15) is 0 Å². The highest BCUT2D eigenvalue weighted by Crippen LogP contribution is 2.29. The molecule has 1 aromatic heterocycles. The zero-order valence-electron chi connectivity index (χ0n) is 9.94. The van der Waals surface area contributed by atoms with Crippen LogP contribution < -0.4 is 0 Å². The van der Waals surface area contributed by atoms with Gasteiger partial charge < -0.3 is 9.52 Å². The Morgan fingerprint density at radius 2 is 2.11 bits per heavy atom. The van der Waals surface area contributed by atoms with E-state index in [0.717, 1.165) is 16.9 Å². The Labute approximate surface area is 110 Å². The van der Waals surface area contributed by atoms with Crippen LogP contribution in [-0.4, -0.2) is 11.1 Å². The standard InChI is InChI=1S/C14H13ClO3/c1-9-11(3-2-4-12(9)15)13-7-5-10(18-13)6-8-14(16)17/h2-5,7H,6,8H2,1H3,(H,16,17). The van der Waals surface area contributed by atoms with E-state index in [1.165, 1.54) is 0 Å². The van der Waals surface area contributed by atoms with Gasteiger partial charge in [-0.3, -0.25) is 4.79 Å². The second-order valence-electron chi connectivity index (χ2n) is 4.07. The van der Waals surface area contributed by atoms with Crippen molar-refractivity contribution in [3.8, 4) is 11.3 Å². The predicted octanol–water partition coefficient (Wildman–Crippen LogP) is 3.93. The molecular formula is C14H13ClO3. The van der Waals surface area contributed by atoms with Gasteiger partial charge in [-0.25, -0.2) is 0 Å². The highest BCUT2D eigenvalue weighted by atomic mass is 35.5. The van der Waals surface area contributed by atoms with Crippen molar-refractivity contribution in [2.24, 2.45) is 0 Å². The number of halogens is 1. The highest BCUT2D eigenvalue weighted by molar-refractivity contribution is 6.31. The number of furan rings is 1. The summed E-state index contributed by atoms with van der Waals surface area (Å²) in [4.78, 5) is 10.5. The minimum absolute atomic E-state index is 0.0709. The van der Waals surface area contributed by atoms with Crippen LogP contribution in [0.4, 0.5) is 0 Å². The molecule has 0 unspecified atom stereocenters. The molecule has 0 aliphatic rings. The van der Waals surface area contributed by atoms with E-state index >= 15 is 0 Å². The quantitative estimate of drug-likeness (QED) is 0.910. The van der Waals surface area contributed by atoms with E-state index in [0.29, 0.717) is 17.2 Å². The van der Waals surface area contributed by atoms with Gasteiger partial charge >= 0.3 is 5.97 Å². The maximum absolute atomic E-state index is 10.5. The molecule has 0 radical (unpaired) electrons. The molecule has 2 rings (SSSR count). The van der Waals surface area contributed by atoms with Crippen molar-refractivity contribution in [1.29, 1.82) is 0 Å². The van der Waals surface area contributed by atoms with Crippen LogP contribution in [0.25, 0.3) is 11.3 Å². The van der Waals surface area contributed by atoms with E-state index < -0.39 is 5.97 Å². The summed E-state index contributed by atoms with van der Waals surface area (Å²) < 4.78 is 5.63. The first-order valence-electron chi connectivity index (χ1n) is 5.64. The summed E-state index contributed by atoms with van der Waals surface area (Å²) >= 11 is 6.05. The van der Waals surface area contributed by atoms with Crippen molar-refractivity contribution in [3.05, 3.63) is 46.7 Å². The lowest BCUT2D eigenvalue weighted by Gasteiger charge is -2.04. The van der Waals surface area contributed by atoms with Gasteiger partial charge in [-0.05, 0) is 30.7 Å². The number of aryl methyl sites for hydroxylation is 1. The Balaban J connectivity index is 2.24. The lowest BCUT2D eigenvalue weighted by Crippen LogP contribution is -1.96. The van der Waals surface area contributed by atoms with Crippen molar-refractivity contribution in [2.75, 3.05) is 0 Å². The third-order valence-electron chi connectivity index (χ3n) is 2.78. The molecule has 0 saturated carbocycles. The Bertz CT molecular complexity index is 572. The molecule has 1 heterocycles. The van der Waals surface area contributed by atoms with Crippen LogP contribution >= 0.6 is 11.6 Å². The third kappa shape index (κ3) is 2.74. The summed E-state index contributed by atoms with van der Waals surface area (Å²) in [5.74, 6) is 0.564. The molecule has 0 atom stereocenters. The number of benzene rings is 1. The van der Waals surface area contributed by atoms with Gasteiger partial charge in [0.05, 0.1) is 6.42 Å². The van der Waals surface area contributed by atoms with Gasteiger partial charge in [0.15, 0.2) is 0 Å². The van der Waals surface area contributed by atoms with Crippen LogP contribution in [0.2, 0.25) is 5.02 Å². The molecular weight excluding hydrogens is 252 g/mol. The van der Waals surface area contributed by atoms with Crippen molar-refractivity contribution >= 4 is 17.6 Å². The van der Waals surface area contributed by atoms with Gasteiger partial charge in [-0.15, -0.1) is 0 Å². The molecule has 2 aromatic rings. The topological polar surface area (TPSA) is 50.4 Å². The monoisotopic (exact) mass is 264 g/mol. The normalized spacial score (nSPS) is 10.6. The van der Waals surface area contributed by atoms with Gasteiger partial charge in [0.1, 0.15) is 11.5 Å². The molecule has 1 N–H and O–H groups in total. The fourth-order valence-electron chi connectivity index (χ4n) is 1.76. The molecule has 4 heteroatoms. The Hall–Kier alpha value is -1.74. The first-order valence-corrected chi connectivity index (χ1v) is 6.01. The maximum Gasteiger partial charge on any atom is 0.303 e. The van der Waals surface area contributed by atoms with E-state index in [9.17, 15) is 4.79 Å². The van der Waals surface area contributed by atoms with Crippen LogP contribution in [0.3, 0.4) is 0 Å². The number of carbonyl (C=O) groups is 1. The van der Waals surface area contributed by atoms with Gasteiger partial charge in [-0.1, -0.05) is 23.7 Å².